The number of amides is 2. The van der Waals surface area contributed by atoms with Crippen molar-refractivity contribution in [2.45, 2.75) is 45.6 Å². The quantitative estimate of drug-likeness (QED) is 0.741. The Morgan fingerprint density at radius 3 is 2.65 bits per heavy atom. The second-order valence-corrected chi connectivity index (χ2v) is 5.81. The smallest absolute Gasteiger partial charge is 0.323 e. The Bertz CT molecular complexity index is 333. The molecule has 0 aliphatic carbocycles. The van der Waals surface area contributed by atoms with Crippen LogP contribution in [0.4, 0.5) is 4.79 Å². The molecule has 0 radical (unpaired) electrons. The molecule has 20 heavy (non-hydrogen) atoms. The van der Waals surface area contributed by atoms with E-state index in [-0.39, 0.29) is 31.1 Å². The fourth-order valence-corrected chi connectivity index (χ4v) is 2.71. The van der Waals surface area contributed by atoms with Crippen molar-refractivity contribution < 1.29 is 19.8 Å². The Labute approximate surface area is 120 Å². The molecule has 1 aliphatic heterocycles. The van der Waals surface area contributed by atoms with Gasteiger partial charge in [0.15, 0.2) is 0 Å². The van der Waals surface area contributed by atoms with Crippen LogP contribution in [0.3, 0.4) is 0 Å². The number of hydrogen-bond donors (Lipinski definition) is 2. The highest BCUT2D eigenvalue weighted by molar-refractivity contribution is 5.80. The summed E-state index contributed by atoms with van der Waals surface area (Å²) in [5.74, 6) is -0.748. The Morgan fingerprint density at radius 2 is 2.10 bits per heavy atom. The van der Waals surface area contributed by atoms with E-state index in [1.807, 2.05) is 13.8 Å². The van der Waals surface area contributed by atoms with Gasteiger partial charge in [-0.3, -0.25) is 4.79 Å². The minimum atomic E-state index is -0.981. The zero-order chi connectivity index (χ0) is 15.1. The van der Waals surface area contributed by atoms with Crippen LogP contribution in [-0.2, 0) is 4.79 Å². The molecule has 6 heteroatoms. The average molecular weight is 286 g/mol. The summed E-state index contributed by atoms with van der Waals surface area (Å²) in [6.07, 6.45) is 3.35. The van der Waals surface area contributed by atoms with Crippen molar-refractivity contribution in [2.24, 2.45) is 5.92 Å². The number of nitrogens with zero attached hydrogens (tertiary/aromatic N) is 2. The molecule has 0 spiro atoms. The zero-order valence-corrected chi connectivity index (χ0v) is 12.4. The molecule has 1 unspecified atom stereocenters. The van der Waals surface area contributed by atoms with Crippen molar-refractivity contribution >= 4 is 12.0 Å². The maximum Gasteiger partial charge on any atom is 0.323 e. The second-order valence-electron chi connectivity index (χ2n) is 5.81. The molecule has 0 bridgehead atoms. The van der Waals surface area contributed by atoms with Gasteiger partial charge >= 0.3 is 12.0 Å². The van der Waals surface area contributed by atoms with Gasteiger partial charge in [0.25, 0.3) is 0 Å². The van der Waals surface area contributed by atoms with E-state index in [1.165, 1.54) is 4.90 Å². The second kappa shape index (κ2) is 8.09. The van der Waals surface area contributed by atoms with Gasteiger partial charge in [-0.1, -0.05) is 13.8 Å². The number of aliphatic hydroxyl groups excluding tert-OH is 1. The fourth-order valence-electron chi connectivity index (χ4n) is 2.71. The van der Waals surface area contributed by atoms with Gasteiger partial charge in [-0.25, -0.2) is 4.79 Å². The molecule has 6 nitrogen and oxygen atoms in total. The summed E-state index contributed by atoms with van der Waals surface area (Å²) in [6.45, 7) is 4.95. The van der Waals surface area contributed by atoms with Crippen LogP contribution in [0.1, 0.15) is 39.5 Å². The summed E-state index contributed by atoms with van der Waals surface area (Å²) >= 11 is 0. The van der Waals surface area contributed by atoms with Crippen LogP contribution in [0.2, 0.25) is 0 Å². The van der Waals surface area contributed by atoms with E-state index in [1.54, 1.807) is 4.90 Å². The number of likely N-dealkylation sites (tertiary alicyclic amines) is 1. The predicted molar refractivity (Wildman–Crippen MR) is 75.5 cm³/mol. The van der Waals surface area contributed by atoms with Crippen LogP contribution in [0.5, 0.6) is 0 Å². The lowest BCUT2D eigenvalue weighted by Gasteiger charge is -2.32. The molecule has 0 aromatic heterocycles. The zero-order valence-electron chi connectivity index (χ0n) is 12.4. The predicted octanol–water partition coefficient (Wildman–Crippen LogP) is 1.39. The molecule has 2 N–H and O–H groups in total. The van der Waals surface area contributed by atoms with E-state index in [4.69, 9.17) is 10.2 Å². The van der Waals surface area contributed by atoms with Crippen molar-refractivity contribution in [1.82, 2.24) is 9.80 Å². The van der Waals surface area contributed by atoms with Gasteiger partial charge in [0.05, 0.1) is 0 Å². The number of urea groups is 1. The van der Waals surface area contributed by atoms with Gasteiger partial charge < -0.3 is 20.0 Å². The minimum absolute atomic E-state index is 0.128. The summed E-state index contributed by atoms with van der Waals surface area (Å²) < 4.78 is 0. The van der Waals surface area contributed by atoms with Crippen molar-refractivity contribution in [3.05, 3.63) is 0 Å². The Morgan fingerprint density at radius 1 is 1.40 bits per heavy atom. The van der Waals surface area contributed by atoms with Gasteiger partial charge in [0, 0.05) is 25.7 Å². The number of carbonyl (C=O) groups is 2. The molecular weight excluding hydrogens is 260 g/mol. The number of carbonyl (C=O) groups excluding carboxylic acids is 1. The Kier molecular flexibility index (Phi) is 6.78. The monoisotopic (exact) mass is 286 g/mol. The molecule has 1 aliphatic rings. The highest BCUT2D eigenvalue weighted by Gasteiger charge is 2.32. The maximum atomic E-state index is 12.5. The molecule has 1 atom stereocenters. The maximum absolute atomic E-state index is 12.5. The third-order valence-electron chi connectivity index (χ3n) is 3.50. The molecule has 1 rings (SSSR count). The average Bonchev–Trinajstić information content (AvgIpc) is 2.81. The Balaban J connectivity index is 2.68. The molecule has 2 amide bonds. The topological polar surface area (TPSA) is 81.1 Å². The summed E-state index contributed by atoms with van der Waals surface area (Å²) in [5.41, 5.74) is 0. The molecule has 0 saturated carbocycles. The lowest BCUT2D eigenvalue weighted by atomic mass is 10.1. The molecule has 1 saturated heterocycles. The first-order valence-electron chi connectivity index (χ1n) is 7.34. The summed E-state index contributed by atoms with van der Waals surface area (Å²) in [7, 11) is 0. The first kappa shape index (κ1) is 16.8. The van der Waals surface area contributed by atoms with Crippen LogP contribution >= 0.6 is 0 Å². The first-order valence-corrected chi connectivity index (χ1v) is 7.34. The number of carboxylic acid groups (broad SMARTS) is 1. The number of aliphatic carboxylic acids is 1. The van der Waals surface area contributed by atoms with Crippen molar-refractivity contribution in [3.63, 3.8) is 0 Å². The highest BCUT2D eigenvalue weighted by atomic mass is 16.4. The van der Waals surface area contributed by atoms with Crippen LogP contribution in [0.25, 0.3) is 0 Å². The molecule has 116 valence electrons. The van der Waals surface area contributed by atoms with E-state index in [9.17, 15) is 9.59 Å². The molecule has 0 aromatic rings. The van der Waals surface area contributed by atoms with Crippen LogP contribution in [0.15, 0.2) is 0 Å². The van der Waals surface area contributed by atoms with Gasteiger partial charge in [-0.05, 0) is 31.6 Å². The third kappa shape index (κ3) is 5.00. The number of rotatable bonds is 7. The van der Waals surface area contributed by atoms with E-state index < -0.39 is 5.97 Å². The fraction of sp³-hybridized carbons (Fsp3) is 0.857. The molecule has 0 aromatic carbocycles. The third-order valence-corrected chi connectivity index (χ3v) is 3.50. The number of carboxylic acids is 1. The lowest BCUT2D eigenvalue weighted by Crippen LogP contribution is -2.48. The first-order chi connectivity index (χ1) is 9.45. The Hall–Kier alpha value is -1.30. The van der Waals surface area contributed by atoms with Gasteiger partial charge in [0.1, 0.15) is 6.54 Å². The van der Waals surface area contributed by atoms with Gasteiger partial charge in [-0.15, -0.1) is 0 Å². The van der Waals surface area contributed by atoms with E-state index >= 15 is 0 Å². The minimum Gasteiger partial charge on any atom is -0.480 e. The molecule has 1 heterocycles. The van der Waals surface area contributed by atoms with Crippen molar-refractivity contribution in [3.8, 4) is 0 Å². The highest BCUT2D eigenvalue weighted by Crippen LogP contribution is 2.23. The SMILES string of the molecule is CC(C)CN(CC(=O)O)C(=O)N1CCCC1CCCO. The van der Waals surface area contributed by atoms with E-state index in [0.29, 0.717) is 19.5 Å². The summed E-state index contributed by atoms with van der Waals surface area (Å²) in [6, 6.07) is -0.0420. The van der Waals surface area contributed by atoms with Gasteiger partial charge in [-0.2, -0.15) is 0 Å². The summed E-state index contributed by atoms with van der Waals surface area (Å²) in [4.78, 5) is 26.6. The molecular formula is C14H26N2O4. The van der Waals surface area contributed by atoms with E-state index in [2.05, 4.69) is 0 Å². The van der Waals surface area contributed by atoms with Crippen LogP contribution in [-0.4, -0.2) is 64.3 Å². The lowest BCUT2D eigenvalue weighted by molar-refractivity contribution is -0.137. The molecule has 1 fully saturated rings. The van der Waals surface area contributed by atoms with E-state index in [0.717, 1.165) is 19.3 Å². The largest absolute Gasteiger partial charge is 0.480 e. The normalized spacial score (nSPS) is 18.6. The number of hydrogen-bond acceptors (Lipinski definition) is 3. The summed E-state index contributed by atoms with van der Waals surface area (Å²) in [5, 5.41) is 17.9. The standard InChI is InChI=1S/C14H26N2O4/c1-11(2)9-15(10-13(18)19)14(20)16-7-3-5-12(16)6-4-8-17/h11-12,17H,3-10H2,1-2H3,(H,18,19). The van der Waals surface area contributed by atoms with Crippen molar-refractivity contribution in [1.29, 1.82) is 0 Å². The van der Waals surface area contributed by atoms with Gasteiger partial charge in [0.2, 0.25) is 0 Å². The van der Waals surface area contributed by atoms with Crippen LogP contribution in [0, 0.1) is 5.92 Å². The van der Waals surface area contributed by atoms with Crippen LogP contribution < -0.4 is 0 Å². The van der Waals surface area contributed by atoms with Crippen molar-refractivity contribution in [2.75, 3.05) is 26.2 Å². The number of aliphatic hydroxyl groups is 1.